The van der Waals surface area contributed by atoms with E-state index in [2.05, 4.69) is 31.0 Å². The van der Waals surface area contributed by atoms with E-state index in [1.54, 1.807) is 17.0 Å². The van der Waals surface area contributed by atoms with E-state index in [0.29, 0.717) is 18.1 Å². The summed E-state index contributed by atoms with van der Waals surface area (Å²) in [6.45, 7) is 8.96. The number of carbonyl (C=O) groups excluding carboxylic acids is 2. The molecule has 2 fully saturated rings. The summed E-state index contributed by atoms with van der Waals surface area (Å²) in [5.41, 5.74) is 0.743. The van der Waals surface area contributed by atoms with E-state index in [0.717, 1.165) is 18.8 Å². The molecule has 1 N–H and O–H groups in total. The number of morpholine rings is 1. The van der Waals surface area contributed by atoms with E-state index in [1.165, 1.54) is 0 Å². The van der Waals surface area contributed by atoms with Crippen LogP contribution in [0.25, 0.3) is 0 Å². The number of benzene rings is 1. The topological polar surface area (TPSA) is 61.9 Å². The van der Waals surface area contributed by atoms with Gasteiger partial charge in [0, 0.05) is 49.4 Å². The average molecular weight is 394 g/mol. The number of hydrogen-bond acceptors (Lipinski definition) is 4. The van der Waals surface area contributed by atoms with Crippen molar-refractivity contribution >= 4 is 29.1 Å². The van der Waals surface area contributed by atoms with Gasteiger partial charge in [0.1, 0.15) is 0 Å². The smallest absolute Gasteiger partial charge is 0.227 e. The van der Waals surface area contributed by atoms with Crippen molar-refractivity contribution < 1.29 is 14.3 Å². The van der Waals surface area contributed by atoms with E-state index in [1.807, 2.05) is 12.1 Å². The van der Waals surface area contributed by atoms with E-state index in [4.69, 9.17) is 16.3 Å². The first kappa shape index (κ1) is 20.1. The van der Waals surface area contributed by atoms with Gasteiger partial charge < -0.3 is 15.0 Å². The molecule has 0 aliphatic carbocycles. The first-order valence-corrected chi connectivity index (χ1v) is 9.94. The van der Waals surface area contributed by atoms with Crippen LogP contribution in [-0.2, 0) is 14.3 Å². The second kappa shape index (κ2) is 8.59. The summed E-state index contributed by atoms with van der Waals surface area (Å²) < 4.78 is 5.77. The Bertz CT molecular complexity index is 689. The molecule has 0 saturated carbocycles. The summed E-state index contributed by atoms with van der Waals surface area (Å²) in [5, 5.41) is 3.61. The zero-order valence-electron chi connectivity index (χ0n) is 16.2. The highest BCUT2D eigenvalue weighted by Crippen LogP contribution is 2.27. The molecule has 2 saturated heterocycles. The Hall–Kier alpha value is -1.63. The molecule has 148 valence electrons. The molecule has 4 atom stereocenters. The molecule has 3 rings (SSSR count). The third-order valence-corrected chi connectivity index (χ3v) is 5.49. The number of ether oxygens (including phenoxy) is 1. The van der Waals surface area contributed by atoms with Gasteiger partial charge in [-0.2, -0.15) is 0 Å². The average Bonchev–Trinajstić information content (AvgIpc) is 3.00. The number of hydrogen-bond donors (Lipinski definition) is 1. The lowest BCUT2D eigenvalue weighted by Gasteiger charge is -2.39. The quantitative estimate of drug-likeness (QED) is 0.833. The van der Waals surface area contributed by atoms with Crippen molar-refractivity contribution in [1.29, 1.82) is 0 Å². The minimum Gasteiger partial charge on any atom is -0.373 e. The summed E-state index contributed by atoms with van der Waals surface area (Å²) in [6, 6.07) is 7.40. The molecule has 0 spiro atoms. The number of halogens is 1. The van der Waals surface area contributed by atoms with Gasteiger partial charge in [-0.25, -0.2) is 0 Å². The van der Waals surface area contributed by atoms with Crippen LogP contribution in [0.3, 0.4) is 0 Å². The van der Waals surface area contributed by atoms with Gasteiger partial charge in [-0.15, -0.1) is 0 Å². The number of rotatable bonds is 5. The van der Waals surface area contributed by atoms with Gasteiger partial charge in [-0.05, 0) is 39.0 Å². The molecule has 2 aliphatic heterocycles. The maximum atomic E-state index is 12.6. The molecule has 2 heterocycles. The van der Waals surface area contributed by atoms with Crippen LogP contribution in [0.2, 0.25) is 5.02 Å². The normalized spacial score (nSPS) is 27.6. The SMILES string of the molecule is CC1CN(C(C)CNC(=O)C2CC(=O)N(c3cccc(Cl)c3)C2)CC(C)O1. The summed E-state index contributed by atoms with van der Waals surface area (Å²) in [7, 11) is 0. The Morgan fingerprint density at radius 1 is 1.30 bits per heavy atom. The second-order valence-electron chi connectivity index (χ2n) is 7.69. The lowest BCUT2D eigenvalue weighted by atomic mass is 10.1. The molecule has 0 bridgehead atoms. The zero-order valence-corrected chi connectivity index (χ0v) is 16.9. The molecule has 0 radical (unpaired) electrons. The highest BCUT2D eigenvalue weighted by atomic mass is 35.5. The van der Waals surface area contributed by atoms with Crippen molar-refractivity contribution in [1.82, 2.24) is 10.2 Å². The van der Waals surface area contributed by atoms with Crippen molar-refractivity contribution in [3.8, 4) is 0 Å². The largest absolute Gasteiger partial charge is 0.373 e. The summed E-state index contributed by atoms with van der Waals surface area (Å²) in [4.78, 5) is 28.9. The third-order valence-electron chi connectivity index (χ3n) is 5.26. The minimum atomic E-state index is -0.328. The molecule has 2 aliphatic rings. The standard InChI is InChI=1S/C20H28ClN3O3/c1-13(23-10-14(2)27-15(3)11-23)9-22-20(26)16-7-19(25)24(12-16)18-6-4-5-17(21)8-18/h4-6,8,13-16H,7,9-12H2,1-3H3,(H,22,26). The third kappa shape index (κ3) is 5.00. The van der Waals surface area contributed by atoms with Crippen molar-refractivity contribution in [2.75, 3.05) is 31.1 Å². The minimum absolute atomic E-state index is 0.0405. The molecule has 1 aromatic carbocycles. The van der Waals surface area contributed by atoms with Crippen LogP contribution < -0.4 is 10.2 Å². The Balaban J connectivity index is 1.52. The van der Waals surface area contributed by atoms with Gasteiger partial charge in [0.2, 0.25) is 11.8 Å². The number of nitrogens with one attached hydrogen (secondary N) is 1. The van der Waals surface area contributed by atoms with Gasteiger partial charge in [-0.3, -0.25) is 14.5 Å². The molecule has 0 aromatic heterocycles. The first-order chi connectivity index (χ1) is 12.8. The van der Waals surface area contributed by atoms with Crippen LogP contribution in [-0.4, -0.2) is 61.1 Å². The number of anilines is 1. The number of carbonyl (C=O) groups is 2. The Morgan fingerprint density at radius 3 is 2.67 bits per heavy atom. The molecule has 7 heteroatoms. The highest BCUT2D eigenvalue weighted by Gasteiger charge is 2.35. The van der Waals surface area contributed by atoms with Crippen molar-refractivity contribution in [2.45, 2.75) is 45.4 Å². The zero-order chi connectivity index (χ0) is 19.6. The fourth-order valence-corrected chi connectivity index (χ4v) is 4.06. The Kier molecular flexibility index (Phi) is 6.40. The van der Waals surface area contributed by atoms with Gasteiger partial charge in [0.05, 0.1) is 18.1 Å². The molecular weight excluding hydrogens is 366 g/mol. The molecule has 4 unspecified atom stereocenters. The van der Waals surface area contributed by atoms with Gasteiger partial charge >= 0.3 is 0 Å². The van der Waals surface area contributed by atoms with Crippen LogP contribution in [0, 0.1) is 5.92 Å². The Labute approximate surface area is 165 Å². The van der Waals surface area contributed by atoms with Crippen LogP contribution in [0.4, 0.5) is 5.69 Å². The van der Waals surface area contributed by atoms with Crippen LogP contribution in [0.1, 0.15) is 27.2 Å². The fourth-order valence-electron chi connectivity index (χ4n) is 3.88. The highest BCUT2D eigenvalue weighted by molar-refractivity contribution is 6.30. The summed E-state index contributed by atoms with van der Waals surface area (Å²) >= 11 is 6.02. The predicted molar refractivity (Wildman–Crippen MR) is 106 cm³/mol. The summed E-state index contributed by atoms with van der Waals surface area (Å²) in [6.07, 6.45) is 0.634. The van der Waals surface area contributed by atoms with E-state index >= 15 is 0 Å². The lowest BCUT2D eigenvalue weighted by molar-refractivity contribution is -0.126. The van der Waals surface area contributed by atoms with Crippen molar-refractivity contribution in [2.24, 2.45) is 5.92 Å². The van der Waals surface area contributed by atoms with Gasteiger partial charge in [0.25, 0.3) is 0 Å². The maximum absolute atomic E-state index is 12.6. The molecular formula is C20H28ClN3O3. The fraction of sp³-hybridized carbons (Fsp3) is 0.600. The van der Waals surface area contributed by atoms with Crippen molar-refractivity contribution in [3.63, 3.8) is 0 Å². The predicted octanol–water partition coefficient (Wildman–Crippen LogP) is 2.31. The lowest BCUT2D eigenvalue weighted by Crippen LogP contribution is -2.52. The molecule has 1 aromatic rings. The maximum Gasteiger partial charge on any atom is 0.227 e. The Morgan fingerprint density at radius 2 is 2.00 bits per heavy atom. The molecule has 2 amide bonds. The monoisotopic (exact) mass is 393 g/mol. The van der Waals surface area contributed by atoms with Crippen LogP contribution in [0.5, 0.6) is 0 Å². The van der Waals surface area contributed by atoms with E-state index in [9.17, 15) is 9.59 Å². The first-order valence-electron chi connectivity index (χ1n) is 9.56. The van der Waals surface area contributed by atoms with E-state index < -0.39 is 0 Å². The van der Waals surface area contributed by atoms with Crippen LogP contribution >= 0.6 is 11.6 Å². The van der Waals surface area contributed by atoms with Gasteiger partial charge in [-0.1, -0.05) is 17.7 Å². The number of amides is 2. The van der Waals surface area contributed by atoms with E-state index in [-0.39, 0.29) is 42.4 Å². The second-order valence-corrected chi connectivity index (χ2v) is 8.13. The number of nitrogens with zero attached hydrogens (tertiary/aromatic N) is 2. The summed E-state index contributed by atoms with van der Waals surface area (Å²) in [5.74, 6) is -0.429. The molecule has 6 nitrogen and oxygen atoms in total. The van der Waals surface area contributed by atoms with Crippen LogP contribution in [0.15, 0.2) is 24.3 Å². The van der Waals surface area contributed by atoms with Crippen molar-refractivity contribution in [3.05, 3.63) is 29.3 Å². The molecule has 27 heavy (non-hydrogen) atoms. The van der Waals surface area contributed by atoms with Gasteiger partial charge in [0.15, 0.2) is 0 Å².